The number of aliphatic hydroxyl groups is 1. The van der Waals surface area contributed by atoms with Crippen molar-refractivity contribution in [3.05, 3.63) is 57.0 Å². The van der Waals surface area contributed by atoms with Gasteiger partial charge in [0.15, 0.2) is 0 Å². The maximum atomic E-state index is 10.5. The Bertz CT molecular complexity index is 631. The monoisotopic (exact) mass is 370 g/mol. The Morgan fingerprint density at radius 2 is 1.86 bits per heavy atom. The van der Waals surface area contributed by atoms with E-state index in [0.29, 0.717) is 33.0 Å². The predicted molar refractivity (Wildman–Crippen MR) is 87.4 cm³/mol. The molecule has 0 radical (unpaired) electrons. The largest absolute Gasteiger partial charge is 0.495 e. The Hall–Kier alpha value is -1.23. The average Bonchev–Trinajstić information content (AvgIpc) is 2.49. The third-order valence-electron chi connectivity index (χ3n) is 3.25. The molecule has 0 saturated heterocycles. The fraction of sp³-hybridized carbons (Fsp3) is 0.250. The van der Waals surface area contributed by atoms with E-state index >= 15 is 0 Å². The van der Waals surface area contributed by atoms with Crippen LogP contribution in [-0.2, 0) is 6.42 Å². The van der Waals surface area contributed by atoms with Gasteiger partial charge in [0.2, 0.25) is 0 Å². The number of halogens is 2. The van der Waals surface area contributed by atoms with Crippen LogP contribution in [0.4, 0.5) is 0 Å². The summed E-state index contributed by atoms with van der Waals surface area (Å²) in [4.78, 5) is 0. The van der Waals surface area contributed by atoms with Crippen LogP contribution in [0.3, 0.4) is 0 Å². The third-order valence-corrected chi connectivity index (χ3v) is 4.37. The highest BCUT2D eigenvalue weighted by Crippen LogP contribution is 2.40. The Kier molecular flexibility index (Phi) is 5.51. The highest BCUT2D eigenvalue weighted by atomic mass is 79.9. The molecule has 0 aliphatic rings. The van der Waals surface area contributed by atoms with E-state index in [2.05, 4.69) is 15.9 Å². The van der Waals surface area contributed by atoms with Crippen molar-refractivity contribution in [1.82, 2.24) is 0 Å². The molecule has 0 spiro atoms. The fourth-order valence-electron chi connectivity index (χ4n) is 2.16. The number of rotatable bonds is 5. The van der Waals surface area contributed by atoms with Crippen LogP contribution in [-0.4, -0.2) is 19.3 Å². The summed E-state index contributed by atoms with van der Waals surface area (Å²) in [6.07, 6.45) is -0.309. The van der Waals surface area contributed by atoms with Gasteiger partial charge in [0, 0.05) is 17.0 Å². The van der Waals surface area contributed by atoms with E-state index in [0.717, 1.165) is 5.56 Å². The molecule has 2 rings (SSSR count). The lowest BCUT2D eigenvalue weighted by Gasteiger charge is -2.18. The van der Waals surface area contributed by atoms with E-state index in [-0.39, 0.29) is 0 Å². The standard InChI is InChI=1S/C16H16BrClO3/c1-20-14-8-7-11(16(21-2)15(14)17)13(19)9-10-5-3-4-6-12(10)18/h3-8,13,19H,9H2,1-2H3. The van der Waals surface area contributed by atoms with Crippen LogP contribution in [0.5, 0.6) is 11.5 Å². The molecule has 1 unspecified atom stereocenters. The first-order valence-corrected chi connectivity index (χ1v) is 7.57. The maximum Gasteiger partial charge on any atom is 0.142 e. The third kappa shape index (κ3) is 3.51. The van der Waals surface area contributed by atoms with Gasteiger partial charge in [-0.3, -0.25) is 0 Å². The maximum absolute atomic E-state index is 10.5. The highest BCUT2D eigenvalue weighted by molar-refractivity contribution is 9.10. The molecular weight excluding hydrogens is 356 g/mol. The predicted octanol–water partition coefficient (Wildman–Crippen LogP) is 4.40. The van der Waals surface area contributed by atoms with E-state index in [4.69, 9.17) is 21.1 Å². The SMILES string of the molecule is COc1ccc(C(O)Cc2ccccc2Cl)c(OC)c1Br. The van der Waals surface area contributed by atoms with Crippen LogP contribution < -0.4 is 9.47 Å². The topological polar surface area (TPSA) is 38.7 Å². The molecule has 0 aliphatic heterocycles. The second-order valence-electron chi connectivity index (χ2n) is 4.52. The zero-order valence-electron chi connectivity index (χ0n) is 11.8. The normalized spacial score (nSPS) is 12.0. The van der Waals surface area contributed by atoms with E-state index in [9.17, 15) is 5.11 Å². The molecule has 0 saturated carbocycles. The van der Waals surface area contributed by atoms with Crippen molar-refractivity contribution >= 4 is 27.5 Å². The number of aliphatic hydroxyl groups excluding tert-OH is 1. The van der Waals surface area contributed by atoms with Crippen molar-refractivity contribution in [2.24, 2.45) is 0 Å². The van der Waals surface area contributed by atoms with Gasteiger partial charge >= 0.3 is 0 Å². The molecule has 0 amide bonds. The lowest BCUT2D eigenvalue weighted by Crippen LogP contribution is -2.05. The van der Waals surface area contributed by atoms with Crippen molar-refractivity contribution in [3.8, 4) is 11.5 Å². The minimum atomic E-state index is -0.720. The molecule has 3 nitrogen and oxygen atoms in total. The molecule has 0 fully saturated rings. The molecule has 112 valence electrons. The second kappa shape index (κ2) is 7.16. The minimum absolute atomic E-state index is 0.412. The summed E-state index contributed by atoms with van der Waals surface area (Å²) in [5.74, 6) is 1.22. The van der Waals surface area contributed by atoms with Crippen molar-refractivity contribution in [2.75, 3.05) is 14.2 Å². The molecule has 1 N–H and O–H groups in total. The zero-order chi connectivity index (χ0) is 15.4. The van der Waals surface area contributed by atoms with E-state index in [1.54, 1.807) is 26.4 Å². The molecule has 2 aromatic rings. The van der Waals surface area contributed by atoms with Gasteiger partial charge in [-0.1, -0.05) is 29.8 Å². The summed E-state index contributed by atoms with van der Waals surface area (Å²) in [5, 5.41) is 11.1. The minimum Gasteiger partial charge on any atom is -0.495 e. The van der Waals surface area contributed by atoms with Crippen molar-refractivity contribution in [2.45, 2.75) is 12.5 Å². The van der Waals surface area contributed by atoms with E-state index < -0.39 is 6.10 Å². The first kappa shape index (κ1) is 16.1. The second-order valence-corrected chi connectivity index (χ2v) is 5.72. The van der Waals surface area contributed by atoms with Crippen LogP contribution in [0, 0.1) is 0 Å². The highest BCUT2D eigenvalue weighted by Gasteiger charge is 2.19. The average molecular weight is 372 g/mol. The van der Waals surface area contributed by atoms with Gasteiger partial charge in [-0.15, -0.1) is 0 Å². The molecule has 0 aliphatic carbocycles. The van der Waals surface area contributed by atoms with Crippen LogP contribution >= 0.6 is 27.5 Å². The Balaban J connectivity index is 2.33. The number of hydrogen-bond donors (Lipinski definition) is 1. The van der Waals surface area contributed by atoms with Crippen LogP contribution in [0.2, 0.25) is 5.02 Å². The first-order valence-electron chi connectivity index (χ1n) is 6.40. The molecule has 0 bridgehead atoms. The van der Waals surface area contributed by atoms with Gasteiger partial charge in [0.1, 0.15) is 16.0 Å². The number of methoxy groups -OCH3 is 2. The zero-order valence-corrected chi connectivity index (χ0v) is 14.1. The molecule has 0 heterocycles. The Labute approximate surface area is 137 Å². The molecule has 5 heteroatoms. The summed E-state index contributed by atoms with van der Waals surface area (Å²) in [6, 6.07) is 11.1. The van der Waals surface area contributed by atoms with Gasteiger partial charge in [-0.05, 0) is 39.7 Å². The van der Waals surface area contributed by atoms with Crippen molar-refractivity contribution < 1.29 is 14.6 Å². The molecule has 1 atom stereocenters. The van der Waals surface area contributed by atoms with E-state index in [1.807, 2.05) is 24.3 Å². The smallest absolute Gasteiger partial charge is 0.142 e. The molecular formula is C16H16BrClO3. The molecule has 2 aromatic carbocycles. The van der Waals surface area contributed by atoms with Gasteiger partial charge < -0.3 is 14.6 Å². The van der Waals surface area contributed by atoms with Gasteiger partial charge in [-0.2, -0.15) is 0 Å². The van der Waals surface area contributed by atoms with Crippen LogP contribution in [0.1, 0.15) is 17.2 Å². The van der Waals surface area contributed by atoms with Gasteiger partial charge in [0.05, 0.1) is 20.3 Å². The summed E-state index contributed by atoms with van der Waals surface area (Å²) >= 11 is 9.57. The lowest BCUT2D eigenvalue weighted by molar-refractivity contribution is 0.173. The van der Waals surface area contributed by atoms with E-state index in [1.165, 1.54) is 0 Å². The number of ether oxygens (including phenoxy) is 2. The number of hydrogen-bond acceptors (Lipinski definition) is 3. The summed E-state index contributed by atoms with van der Waals surface area (Å²) in [5.41, 5.74) is 1.57. The van der Waals surface area contributed by atoms with Gasteiger partial charge in [0.25, 0.3) is 0 Å². The fourth-order valence-corrected chi connectivity index (χ4v) is 3.06. The Morgan fingerprint density at radius 3 is 2.48 bits per heavy atom. The van der Waals surface area contributed by atoms with Crippen molar-refractivity contribution in [1.29, 1.82) is 0 Å². The summed E-state index contributed by atoms with van der Waals surface area (Å²) < 4.78 is 11.3. The lowest BCUT2D eigenvalue weighted by atomic mass is 10.0. The van der Waals surface area contributed by atoms with Crippen molar-refractivity contribution in [3.63, 3.8) is 0 Å². The quantitative estimate of drug-likeness (QED) is 0.847. The Morgan fingerprint density at radius 1 is 1.14 bits per heavy atom. The molecule has 21 heavy (non-hydrogen) atoms. The van der Waals surface area contributed by atoms with Crippen LogP contribution in [0.15, 0.2) is 40.9 Å². The van der Waals surface area contributed by atoms with Gasteiger partial charge in [-0.25, -0.2) is 0 Å². The summed E-state index contributed by atoms with van der Waals surface area (Å²) in [7, 11) is 3.14. The first-order chi connectivity index (χ1) is 10.1. The summed E-state index contributed by atoms with van der Waals surface area (Å²) in [6.45, 7) is 0. The number of benzene rings is 2. The van der Waals surface area contributed by atoms with Crippen LogP contribution in [0.25, 0.3) is 0 Å². The molecule has 0 aromatic heterocycles.